The van der Waals surface area contributed by atoms with Gasteiger partial charge in [0.2, 0.25) is 0 Å². The zero-order valence-electron chi connectivity index (χ0n) is 18.1. The van der Waals surface area contributed by atoms with E-state index in [-0.39, 0.29) is 11.5 Å². The Bertz CT molecular complexity index is 1100. The Morgan fingerprint density at radius 2 is 1.68 bits per heavy atom. The van der Waals surface area contributed by atoms with Crippen LogP contribution in [0, 0.1) is 6.92 Å². The molecule has 0 saturated heterocycles. The maximum atomic E-state index is 12.3. The average molecular weight is 435 g/mol. The third kappa shape index (κ3) is 5.63. The summed E-state index contributed by atoms with van der Waals surface area (Å²) in [6.45, 7) is 2.15. The lowest BCUT2D eigenvalue weighted by Crippen LogP contribution is -2.08. The van der Waals surface area contributed by atoms with Gasteiger partial charge >= 0.3 is 0 Å². The Kier molecular flexibility index (Phi) is 6.89. The number of fused-ring (bicyclic) bond motifs is 1. The molecule has 1 atom stereocenters. The van der Waals surface area contributed by atoms with E-state index in [1.807, 2.05) is 6.92 Å². The Morgan fingerprint density at radius 1 is 0.903 bits per heavy atom. The molecule has 0 fully saturated rings. The van der Waals surface area contributed by atoms with Gasteiger partial charge in [-0.1, -0.05) is 66.2 Å². The summed E-state index contributed by atoms with van der Waals surface area (Å²) in [6.07, 6.45) is 6.05. The van der Waals surface area contributed by atoms with E-state index in [2.05, 4.69) is 48.5 Å². The van der Waals surface area contributed by atoms with Crippen LogP contribution in [-0.4, -0.2) is 15.0 Å². The zero-order chi connectivity index (χ0) is 21.7. The molecule has 0 heterocycles. The first-order valence-corrected chi connectivity index (χ1v) is 12.5. The van der Waals surface area contributed by atoms with E-state index in [0.717, 1.165) is 37.7 Å². The van der Waals surface area contributed by atoms with Gasteiger partial charge in [-0.25, -0.2) is 0 Å². The van der Waals surface area contributed by atoms with Crippen LogP contribution in [0.3, 0.4) is 0 Å². The number of benzene rings is 3. The maximum Gasteiger partial charge on any atom is 0.296 e. The Morgan fingerprint density at radius 3 is 2.45 bits per heavy atom. The van der Waals surface area contributed by atoms with Crippen LogP contribution in [-0.2, 0) is 33.6 Å². The van der Waals surface area contributed by atoms with Crippen LogP contribution in [0.5, 0.6) is 0 Å². The van der Waals surface area contributed by atoms with Crippen LogP contribution in [0.15, 0.2) is 77.7 Å². The van der Waals surface area contributed by atoms with Crippen molar-refractivity contribution in [1.82, 2.24) is 0 Å². The number of hydrogen-bond acceptors (Lipinski definition) is 3. The van der Waals surface area contributed by atoms with Gasteiger partial charge in [0.05, 0.1) is 11.5 Å². The minimum Gasteiger partial charge on any atom is -0.266 e. The molecule has 0 spiro atoms. The fourth-order valence-corrected chi connectivity index (χ4v) is 5.32. The lowest BCUT2D eigenvalue weighted by atomic mass is 9.92. The van der Waals surface area contributed by atoms with E-state index in [9.17, 15) is 8.42 Å². The van der Waals surface area contributed by atoms with E-state index in [4.69, 9.17) is 4.18 Å². The molecule has 0 aliphatic heterocycles. The van der Waals surface area contributed by atoms with E-state index in [1.54, 1.807) is 24.3 Å². The molecule has 0 bridgehead atoms. The summed E-state index contributed by atoms with van der Waals surface area (Å²) in [5, 5.41) is 0. The second-order valence-electron chi connectivity index (χ2n) is 8.50. The molecule has 1 aliphatic carbocycles. The lowest BCUT2D eigenvalue weighted by Gasteiger charge is -2.13. The molecular weight excluding hydrogens is 404 g/mol. The first-order chi connectivity index (χ1) is 15.0. The molecular formula is C27H30O3S. The van der Waals surface area contributed by atoms with Crippen LogP contribution in [0.2, 0.25) is 0 Å². The zero-order valence-corrected chi connectivity index (χ0v) is 18.9. The standard InChI is InChI=1S/C27H30O3S/c1-21-10-16-26(17-11-21)31(28,29)30-18-6-5-9-23-12-13-24-14-15-25(27(24)20-23)19-22-7-3-2-4-8-22/h2-4,7-8,10-13,16-17,20,25H,5-6,9,14-15,18-19H2,1H3. The van der Waals surface area contributed by atoms with Crippen LogP contribution >= 0.6 is 0 Å². The highest BCUT2D eigenvalue weighted by Gasteiger charge is 2.23. The topological polar surface area (TPSA) is 43.4 Å². The monoisotopic (exact) mass is 434 g/mol. The summed E-state index contributed by atoms with van der Waals surface area (Å²) in [7, 11) is -3.67. The second kappa shape index (κ2) is 9.80. The van der Waals surface area contributed by atoms with Gasteiger partial charge in [0.1, 0.15) is 0 Å². The van der Waals surface area contributed by atoms with Crippen molar-refractivity contribution < 1.29 is 12.6 Å². The predicted molar refractivity (Wildman–Crippen MR) is 125 cm³/mol. The van der Waals surface area contributed by atoms with Crippen LogP contribution < -0.4 is 0 Å². The van der Waals surface area contributed by atoms with Gasteiger partial charge in [0.25, 0.3) is 10.1 Å². The summed E-state index contributed by atoms with van der Waals surface area (Å²) >= 11 is 0. The minimum absolute atomic E-state index is 0.220. The molecule has 3 aromatic rings. The van der Waals surface area contributed by atoms with Crippen molar-refractivity contribution >= 4 is 10.1 Å². The van der Waals surface area contributed by atoms with Crippen LogP contribution in [0.25, 0.3) is 0 Å². The Labute approximate surface area is 186 Å². The number of rotatable bonds is 9. The summed E-state index contributed by atoms with van der Waals surface area (Å²) in [5.74, 6) is 0.598. The first kappa shape index (κ1) is 21.8. The minimum atomic E-state index is -3.67. The van der Waals surface area contributed by atoms with Gasteiger partial charge in [-0.2, -0.15) is 8.42 Å². The smallest absolute Gasteiger partial charge is 0.266 e. The van der Waals surface area contributed by atoms with Gasteiger partial charge in [0.15, 0.2) is 0 Å². The molecule has 0 radical (unpaired) electrons. The summed E-state index contributed by atoms with van der Waals surface area (Å²) in [6, 6.07) is 24.4. The van der Waals surface area contributed by atoms with E-state index in [1.165, 1.54) is 28.7 Å². The highest BCUT2D eigenvalue weighted by atomic mass is 32.2. The highest BCUT2D eigenvalue weighted by molar-refractivity contribution is 7.86. The van der Waals surface area contributed by atoms with Gasteiger partial charge in [-0.05, 0) is 85.8 Å². The normalized spacial score (nSPS) is 15.7. The molecule has 1 unspecified atom stereocenters. The second-order valence-corrected chi connectivity index (χ2v) is 10.1. The van der Waals surface area contributed by atoms with Crippen molar-refractivity contribution in [3.05, 3.63) is 101 Å². The Hall–Kier alpha value is -2.43. The average Bonchev–Trinajstić information content (AvgIpc) is 3.16. The molecule has 0 amide bonds. The number of aryl methyl sites for hydroxylation is 3. The maximum absolute atomic E-state index is 12.3. The fraction of sp³-hybridized carbons (Fsp3) is 0.333. The van der Waals surface area contributed by atoms with Crippen LogP contribution in [0.4, 0.5) is 0 Å². The van der Waals surface area contributed by atoms with Gasteiger partial charge in [0, 0.05) is 0 Å². The van der Waals surface area contributed by atoms with Crippen molar-refractivity contribution in [2.24, 2.45) is 0 Å². The first-order valence-electron chi connectivity index (χ1n) is 11.1. The molecule has 31 heavy (non-hydrogen) atoms. The molecule has 3 aromatic carbocycles. The molecule has 4 rings (SSSR count). The van der Waals surface area contributed by atoms with Crippen molar-refractivity contribution in [2.75, 3.05) is 6.61 Å². The lowest BCUT2D eigenvalue weighted by molar-refractivity contribution is 0.308. The third-order valence-corrected chi connectivity index (χ3v) is 7.47. The van der Waals surface area contributed by atoms with E-state index >= 15 is 0 Å². The molecule has 3 nitrogen and oxygen atoms in total. The molecule has 0 saturated carbocycles. The van der Waals surface area contributed by atoms with Crippen molar-refractivity contribution in [3.8, 4) is 0 Å². The SMILES string of the molecule is Cc1ccc(S(=O)(=O)OCCCCc2ccc3c(c2)C(Cc2ccccc2)CC3)cc1. The number of unbranched alkanes of at least 4 members (excludes halogenated alkanes) is 1. The van der Waals surface area contributed by atoms with Gasteiger partial charge < -0.3 is 0 Å². The van der Waals surface area contributed by atoms with E-state index in [0.29, 0.717) is 5.92 Å². The Balaban J connectivity index is 1.28. The van der Waals surface area contributed by atoms with Gasteiger partial charge in [-0.3, -0.25) is 4.18 Å². The third-order valence-electron chi connectivity index (χ3n) is 6.15. The molecule has 162 valence electrons. The summed E-state index contributed by atoms with van der Waals surface area (Å²) in [4.78, 5) is 0.223. The molecule has 1 aliphatic rings. The quantitative estimate of drug-likeness (QED) is 0.307. The molecule has 0 aromatic heterocycles. The summed E-state index contributed by atoms with van der Waals surface area (Å²) in [5.41, 5.74) is 6.74. The van der Waals surface area contributed by atoms with Crippen molar-refractivity contribution in [1.29, 1.82) is 0 Å². The van der Waals surface area contributed by atoms with Gasteiger partial charge in [-0.15, -0.1) is 0 Å². The molecule has 4 heteroatoms. The molecule has 0 N–H and O–H groups in total. The van der Waals surface area contributed by atoms with Crippen LogP contribution in [0.1, 0.15) is 53.0 Å². The largest absolute Gasteiger partial charge is 0.296 e. The van der Waals surface area contributed by atoms with Crippen molar-refractivity contribution in [3.63, 3.8) is 0 Å². The summed E-state index contributed by atoms with van der Waals surface area (Å²) < 4.78 is 29.8. The van der Waals surface area contributed by atoms with Crippen molar-refractivity contribution in [2.45, 2.75) is 56.3 Å². The number of hydrogen-bond donors (Lipinski definition) is 0. The fourth-order valence-electron chi connectivity index (χ4n) is 4.38. The predicted octanol–water partition coefficient (Wildman–Crippen LogP) is 6.00. The highest BCUT2D eigenvalue weighted by Crippen LogP contribution is 2.36. The van der Waals surface area contributed by atoms with E-state index < -0.39 is 10.1 Å².